The fourth-order valence-corrected chi connectivity index (χ4v) is 20.4. The van der Waals surface area contributed by atoms with Crippen molar-refractivity contribution >= 4 is 213 Å². The molecule has 8 heterocycles. The average Bonchev–Trinajstić information content (AvgIpc) is 1.52. The molecule has 0 unspecified atom stereocenters. The van der Waals surface area contributed by atoms with Crippen LogP contribution in [0.25, 0.3) is 191 Å². The van der Waals surface area contributed by atoms with Crippen molar-refractivity contribution in [3.05, 3.63) is 254 Å². The van der Waals surface area contributed by atoms with E-state index in [2.05, 4.69) is 273 Å². The predicted octanol–water partition coefficient (Wildman–Crippen LogP) is 23.4. The summed E-state index contributed by atoms with van der Waals surface area (Å²) in [4.78, 5) is 0. The van der Waals surface area contributed by atoms with Gasteiger partial charge < -0.3 is 18.3 Å². The molecule has 0 atom stereocenters. The van der Waals surface area contributed by atoms with Crippen LogP contribution in [0.4, 0.5) is 0 Å². The number of nitrogens with zero attached hydrogens (tertiary/aromatic N) is 5. The zero-order valence-corrected chi connectivity index (χ0v) is 49.8. The van der Waals surface area contributed by atoms with Crippen LogP contribution in [0.3, 0.4) is 0 Å². The maximum atomic E-state index is 13.3. The first kappa shape index (κ1) is 47.6. The third-order valence-electron chi connectivity index (χ3n) is 19.0. The Morgan fingerprint density at radius 3 is 0.750 bits per heavy atom. The summed E-state index contributed by atoms with van der Waals surface area (Å²) in [5.41, 5.74) is 12.6. The van der Waals surface area contributed by atoms with Crippen LogP contribution >= 0.6 is 45.3 Å². The SMILES string of the molecule is N#Cc1c(-n2c3ccccc3c3ccccc32)c(-n2c3c(ccc4c5ccccc5sc43)c3ccc4c5ccccc5sc4c32)cc(-n2c3c(ccc4c5ccccc5sc43)c3ccc4c5ccccc5sc4c32)c1-n1c2ccccc2c2ccccc21. The molecule has 8 aromatic heterocycles. The van der Waals surface area contributed by atoms with Crippen LogP contribution in [0.5, 0.6) is 0 Å². The molecule has 0 fully saturated rings. The number of hydrogen-bond acceptors (Lipinski definition) is 5. The second-order valence-corrected chi connectivity index (χ2v) is 27.5. The van der Waals surface area contributed by atoms with E-state index in [-0.39, 0.29) is 0 Å². The maximum absolute atomic E-state index is 13.3. The highest BCUT2D eigenvalue weighted by atomic mass is 32.1. The molecule has 88 heavy (non-hydrogen) atoms. The van der Waals surface area contributed by atoms with Gasteiger partial charge in [0.1, 0.15) is 11.6 Å². The molecule has 0 aliphatic carbocycles. The van der Waals surface area contributed by atoms with Gasteiger partial charge in [-0.3, -0.25) is 0 Å². The highest BCUT2D eigenvalue weighted by Gasteiger charge is 2.33. The molecule has 0 spiro atoms. The zero-order valence-electron chi connectivity index (χ0n) is 46.5. The van der Waals surface area contributed by atoms with Gasteiger partial charge in [-0.15, -0.1) is 45.3 Å². The highest BCUT2D eigenvalue weighted by molar-refractivity contribution is 7.28. The number of aromatic nitrogens is 4. The summed E-state index contributed by atoms with van der Waals surface area (Å²) in [5, 5.41) is 32.2. The number of nitriles is 1. The van der Waals surface area contributed by atoms with Crippen LogP contribution in [0.2, 0.25) is 0 Å². The molecule has 0 bridgehead atoms. The summed E-state index contributed by atoms with van der Waals surface area (Å²) in [6, 6.07) is 95.3. The van der Waals surface area contributed by atoms with Gasteiger partial charge in [0.25, 0.3) is 0 Å². The average molecular weight is 1190 g/mol. The van der Waals surface area contributed by atoms with Crippen molar-refractivity contribution in [3.63, 3.8) is 0 Å². The smallest absolute Gasteiger partial charge is 0.104 e. The minimum atomic E-state index is 0.564. The molecule has 0 aliphatic rings. The van der Waals surface area contributed by atoms with E-state index in [1.807, 2.05) is 45.3 Å². The summed E-state index contributed by atoms with van der Waals surface area (Å²) in [7, 11) is 0. The van der Waals surface area contributed by atoms with E-state index in [9.17, 15) is 5.26 Å². The van der Waals surface area contributed by atoms with E-state index in [4.69, 9.17) is 0 Å². The maximum Gasteiger partial charge on any atom is 0.104 e. The molecule has 5 nitrogen and oxygen atoms in total. The summed E-state index contributed by atoms with van der Waals surface area (Å²) >= 11 is 7.46. The van der Waals surface area contributed by atoms with Crippen LogP contribution < -0.4 is 0 Å². The van der Waals surface area contributed by atoms with Crippen molar-refractivity contribution in [1.82, 2.24) is 18.3 Å². The second kappa shape index (κ2) is 17.3. The van der Waals surface area contributed by atoms with Crippen molar-refractivity contribution < 1.29 is 0 Å². The van der Waals surface area contributed by atoms with Crippen molar-refractivity contribution in [1.29, 1.82) is 5.26 Å². The molecule has 0 amide bonds. The van der Waals surface area contributed by atoms with Gasteiger partial charge in [-0.1, -0.05) is 194 Å². The Labute approximate surface area is 516 Å². The minimum Gasteiger partial charge on any atom is -0.306 e. The van der Waals surface area contributed by atoms with Gasteiger partial charge in [-0.05, 0) is 54.6 Å². The van der Waals surface area contributed by atoms with Crippen molar-refractivity contribution in [2.45, 2.75) is 0 Å². The van der Waals surface area contributed by atoms with Crippen LogP contribution in [0.15, 0.2) is 249 Å². The number of hydrogen-bond donors (Lipinski definition) is 0. The number of para-hydroxylation sites is 4. The first-order valence-corrected chi connectivity index (χ1v) is 32.9. The van der Waals surface area contributed by atoms with Gasteiger partial charge >= 0.3 is 0 Å². The van der Waals surface area contributed by atoms with Crippen LogP contribution in [0.1, 0.15) is 5.56 Å². The first-order valence-electron chi connectivity index (χ1n) is 29.6. The normalized spacial score (nSPS) is 12.5. The Morgan fingerprint density at radius 1 is 0.239 bits per heavy atom. The Morgan fingerprint density at radius 2 is 0.477 bits per heavy atom. The van der Waals surface area contributed by atoms with Crippen molar-refractivity contribution in [2.75, 3.05) is 0 Å². The lowest BCUT2D eigenvalue weighted by molar-refractivity contribution is 1.04. The Balaban J connectivity index is 1.09. The van der Waals surface area contributed by atoms with Crippen LogP contribution in [-0.2, 0) is 0 Å². The Kier molecular flexibility index (Phi) is 9.38. The van der Waals surface area contributed by atoms with E-state index >= 15 is 0 Å². The largest absolute Gasteiger partial charge is 0.306 e. The molecule has 0 saturated carbocycles. The van der Waals surface area contributed by atoms with E-state index in [1.54, 1.807) is 0 Å². The van der Waals surface area contributed by atoms with Gasteiger partial charge in [0.05, 0.1) is 85.7 Å². The number of thiophene rings is 4. The number of rotatable bonds is 4. The third kappa shape index (κ3) is 6.02. The standard InChI is InChI=1S/C79H41N5S4/c80-42-59-70(81-60-25-9-1-17-43(60)44-18-2-10-26-61(44)81)64(83-72-51(33-37-55-47-21-5-13-29-66(47)85-76(55)72)52-34-38-56-48-22-6-14-30-67(48)86-77(56)73(52)83)41-65(71(59)82-62-27-11-3-19-45(62)46-20-4-12-28-63(46)82)84-74-53(35-39-57-49-23-7-15-31-68(49)87-78(57)74)54-36-40-58-50-24-8-16-32-69(50)88-79(58)75(54)84/h1-41H. The lowest BCUT2D eigenvalue weighted by atomic mass is 10.0. The summed E-state index contributed by atoms with van der Waals surface area (Å²) in [6.07, 6.45) is 0. The molecule has 0 radical (unpaired) electrons. The molecule has 0 aliphatic heterocycles. The van der Waals surface area contributed by atoms with Gasteiger partial charge in [0.15, 0.2) is 0 Å². The van der Waals surface area contributed by atoms with Crippen molar-refractivity contribution in [3.8, 4) is 28.8 Å². The van der Waals surface area contributed by atoms with Gasteiger partial charge in [-0.2, -0.15) is 5.26 Å². The fourth-order valence-electron chi connectivity index (χ4n) is 15.4. The molecule has 13 aromatic carbocycles. The van der Waals surface area contributed by atoms with Gasteiger partial charge in [-0.25, -0.2) is 0 Å². The quantitative estimate of drug-likeness (QED) is 0.173. The fraction of sp³-hybridized carbons (Fsp3) is 0. The topological polar surface area (TPSA) is 43.5 Å². The lowest BCUT2D eigenvalue weighted by Gasteiger charge is -2.25. The Hall–Kier alpha value is -10.6. The monoisotopic (exact) mass is 1190 g/mol. The number of fused-ring (bicyclic) bond motifs is 28. The number of benzene rings is 13. The summed E-state index contributed by atoms with van der Waals surface area (Å²) in [6.45, 7) is 0. The third-order valence-corrected chi connectivity index (χ3v) is 23.8. The molecule has 21 rings (SSSR count). The van der Waals surface area contributed by atoms with E-state index in [0.717, 1.165) is 88.4 Å². The molecular formula is C79H41N5S4. The molecule has 406 valence electrons. The van der Waals surface area contributed by atoms with E-state index in [0.29, 0.717) is 5.56 Å². The zero-order chi connectivity index (χ0) is 57.2. The predicted molar refractivity (Wildman–Crippen MR) is 380 cm³/mol. The first-order chi connectivity index (χ1) is 43.7. The van der Waals surface area contributed by atoms with Crippen molar-refractivity contribution in [2.24, 2.45) is 0 Å². The molecule has 9 heteroatoms. The Bertz CT molecular complexity index is 6020. The summed E-state index contributed by atoms with van der Waals surface area (Å²) in [5.74, 6) is 0. The lowest BCUT2D eigenvalue weighted by Crippen LogP contribution is -2.14. The van der Waals surface area contributed by atoms with Crippen LogP contribution in [-0.4, -0.2) is 18.3 Å². The molecule has 21 aromatic rings. The van der Waals surface area contributed by atoms with Crippen LogP contribution in [0, 0.1) is 11.3 Å². The molecule has 0 saturated heterocycles. The molecule has 0 N–H and O–H groups in total. The molecular weight excluding hydrogens is 1150 g/mol. The van der Waals surface area contributed by atoms with E-state index in [1.165, 1.54) is 102 Å². The van der Waals surface area contributed by atoms with E-state index < -0.39 is 0 Å². The summed E-state index contributed by atoms with van der Waals surface area (Å²) < 4.78 is 19.9. The second-order valence-electron chi connectivity index (χ2n) is 23.3. The highest BCUT2D eigenvalue weighted by Crippen LogP contribution is 2.54. The van der Waals surface area contributed by atoms with Gasteiger partial charge in [0.2, 0.25) is 0 Å². The minimum absolute atomic E-state index is 0.564. The van der Waals surface area contributed by atoms with Gasteiger partial charge in [0, 0.05) is 105 Å².